The van der Waals surface area contributed by atoms with Crippen molar-refractivity contribution >= 4 is 21.7 Å². The van der Waals surface area contributed by atoms with Crippen LogP contribution >= 0.6 is 0 Å². The highest BCUT2D eigenvalue weighted by molar-refractivity contribution is 7.91. The minimum absolute atomic E-state index is 0.00872. The highest BCUT2D eigenvalue weighted by Crippen LogP contribution is 2.22. The topological polar surface area (TPSA) is 139 Å². The van der Waals surface area contributed by atoms with E-state index in [9.17, 15) is 23.1 Å². The summed E-state index contributed by atoms with van der Waals surface area (Å²) in [6.45, 7) is 14.7. The molecule has 1 unspecified atom stereocenters. The van der Waals surface area contributed by atoms with Crippen molar-refractivity contribution in [1.82, 2.24) is 10.6 Å². The third-order valence-electron chi connectivity index (χ3n) is 7.72. The number of hydrogen-bond acceptors (Lipinski definition) is 6. The van der Waals surface area contributed by atoms with E-state index in [0.717, 1.165) is 18.8 Å². The predicted molar refractivity (Wildman–Crippen MR) is 211 cm³/mol. The van der Waals surface area contributed by atoms with E-state index in [1.54, 1.807) is 0 Å². The van der Waals surface area contributed by atoms with E-state index in [2.05, 4.69) is 73.7 Å². The van der Waals surface area contributed by atoms with Crippen molar-refractivity contribution in [1.29, 1.82) is 0 Å². The van der Waals surface area contributed by atoms with Crippen molar-refractivity contribution in [2.75, 3.05) is 24.6 Å². The summed E-state index contributed by atoms with van der Waals surface area (Å²) in [6.07, 6.45) is 14.2. The molecule has 9 heteroatoms. The van der Waals surface area contributed by atoms with Crippen molar-refractivity contribution in [3.8, 4) is 12.3 Å². The number of sulfone groups is 1. The molecule has 0 aromatic heterocycles. The first-order valence-electron chi connectivity index (χ1n) is 18.5. The first-order valence-corrected chi connectivity index (χ1v) is 20.3. The third kappa shape index (κ3) is 29.7. The highest BCUT2D eigenvalue weighted by Gasteiger charge is 2.21. The molecule has 1 aliphatic carbocycles. The molecule has 2 aromatic rings. The van der Waals surface area contributed by atoms with Gasteiger partial charge in [0.2, 0.25) is 11.8 Å². The Hall–Kier alpha value is -3.19. The van der Waals surface area contributed by atoms with Gasteiger partial charge in [0.25, 0.3) is 0 Å². The molecule has 50 heavy (non-hydrogen) atoms. The Kier molecular flexibility index (Phi) is 31.1. The molecule has 0 bridgehead atoms. The number of aryl methyl sites for hydroxylation is 2. The highest BCUT2D eigenvalue weighted by atomic mass is 32.2. The summed E-state index contributed by atoms with van der Waals surface area (Å²) in [4.78, 5) is 24.0. The number of aliphatic hydroxyl groups is 1. The molecule has 0 heterocycles. The molecule has 2 aromatic carbocycles. The number of benzene rings is 2. The molecule has 1 saturated carbocycles. The van der Waals surface area contributed by atoms with Crippen molar-refractivity contribution in [2.24, 2.45) is 17.6 Å². The summed E-state index contributed by atoms with van der Waals surface area (Å²) in [7, 11) is -3.39. The van der Waals surface area contributed by atoms with E-state index in [4.69, 9.17) is 12.2 Å². The lowest BCUT2D eigenvalue weighted by Gasteiger charge is -2.18. The van der Waals surface area contributed by atoms with Gasteiger partial charge in [-0.1, -0.05) is 140 Å². The van der Waals surface area contributed by atoms with Crippen molar-refractivity contribution in [2.45, 2.75) is 125 Å². The summed E-state index contributed by atoms with van der Waals surface area (Å²) >= 11 is 0. The van der Waals surface area contributed by atoms with Gasteiger partial charge in [0.05, 0.1) is 17.6 Å². The number of carbonyl (C=O) groups is 2. The Balaban J connectivity index is 0. The molecular formula is C41H69N3O5S. The molecule has 2 atom stereocenters. The Bertz CT molecular complexity index is 1240. The smallest absolute Gasteiger partial charge is 0.243 e. The second-order valence-electron chi connectivity index (χ2n) is 12.8. The van der Waals surface area contributed by atoms with Crippen LogP contribution in [-0.4, -0.2) is 62.1 Å². The van der Waals surface area contributed by atoms with E-state index in [0.29, 0.717) is 12.3 Å². The Morgan fingerprint density at radius 1 is 0.960 bits per heavy atom. The average Bonchev–Trinajstić information content (AvgIpc) is 3.11. The first kappa shape index (κ1) is 48.9. The van der Waals surface area contributed by atoms with Gasteiger partial charge in [0.15, 0.2) is 9.84 Å². The van der Waals surface area contributed by atoms with Gasteiger partial charge in [-0.3, -0.25) is 9.59 Å². The standard InChI is InChI=1S/C17H31N3O5S.C8H10.C7H14.C7H8.C2H6/c1-4-5-15(17(23)19-12-14(21)7-6-13(2)3)20-16(22)8-10-26(24,25)11-9-18;1-2-8-6-4-3-5-7-8;2*1-7-5-3-2-4-6-7;1-2/h1,13-15,21H,5-12,18H2,2-3H3,(H,19,23)(H,20,22);3-7H,2H2,1H3;7H,2-6H2,1H3;2-6H,1H3;1-2H3/t14?,15-;;;;/m0..../s1. The van der Waals surface area contributed by atoms with Gasteiger partial charge < -0.3 is 21.5 Å². The Morgan fingerprint density at radius 2 is 1.52 bits per heavy atom. The fourth-order valence-electron chi connectivity index (χ4n) is 4.65. The van der Waals surface area contributed by atoms with E-state index in [1.165, 1.54) is 43.2 Å². The van der Waals surface area contributed by atoms with Crippen LogP contribution in [0.15, 0.2) is 60.7 Å². The summed E-state index contributed by atoms with van der Waals surface area (Å²) < 4.78 is 23.1. The molecule has 8 nitrogen and oxygen atoms in total. The maximum Gasteiger partial charge on any atom is 0.243 e. The van der Waals surface area contributed by atoms with Crippen LogP contribution in [0.2, 0.25) is 0 Å². The van der Waals surface area contributed by atoms with Crippen molar-refractivity contribution in [3.63, 3.8) is 0 Å². The average molecular weight is 716 g/mol. The Morgan fingerprint density at radius 3 is 1.92 bits per heavy atom. The molecule has 284 valence electrons. The van der Waals surface area contributed by atoms with E-state index >= 15 is 0 Å². The van der Waals surface area contributed by atoms with Gasteiger partial charge in [-0.15, -0.1) is 12.3 Å². The van der Waals surface area contributed by atoms with Gasteiger partial charge in [0.1, 0.15) is 6.04 Å². The molecule has 5 N–H and O–H groups in total. The second-order valence-corrected chi connectivity index (χ2v) is 15.1. The van der Waals surface area contributed by atoms with Gasteiger partial charge in [0, 0.05) is 25.9 Å². The lowest BCUT2D eigenvalue weighted by Crippen LogP contribution is -2.48. The molecule has 1 fully saturated rings. The number of nitrogens with one attached hydrogen (secondary N) is 2. The first-order chi connectivity index (χ1) is 23.8. The summed E-state index contributed by atoms with van der Waals surface area (Å²) in [5, 5.41) is 14.8. The molecule has 0 spiro atoms. The number of aliphatic hydroxyl groups excluding tert-OH is 1. The predicted octanol–water partition coefficient (Wildman–Crippen LogP) is 7.03. The van der Waals surface area contributed by atoms with E-state index < -0.39 is 33.8 Å². The largest absolute Gasteiger partial charge is 0.391 e. The number of hydrogen-bond donors (Lipinski definition) is 4. The van der Waals surface area contributed by atoms with Gasteiger partial charge in [-0.2, -0.15) is 0 Å². The second kappa shape index (κ2) is 31.8. The third-order valence-corrected chi connectivity index (χ3v) is 9.40. The maximum atomic E-state index is 12.1. The fraction of sp³-hybridized carbons (Fsp3) is 0.610. The zero-order chi connectivity index (χ0) is 38.2. The van der Waals surface area contributed by atoms with Crippen LogP contribution in [-0.2, 0) is 25.8 Å². The molecule has 1 aliphatic rings. The van der Waals surface area contributed by atoms with Crippen LogP contribution in [0.5, 0.6) is 0 Å². The normalized spacial score (nSPS) is 13.5. The van der Waals surface area contributed by atoms with Gasteiger partial charge in [-0.25, -0.2) is 8.42 Å². The number of rotatable bonds is 14. The van der Waals surface area contributed by atoms with Crippen LogP contribution in [0, 0.1) is 31.1 Å². The maximum absolute atomic E-state index is 12.1. The van der Waals surface area contributed by atoms with Gasteiger partial charge >= 0.3 is 0 Å². The van der Waals surface area contributed by atoms with Crippen molar-refractivity contribution in [3.05, 3.63) is 71.8 Å². The zero-order valence-electron chi connectivity index (χ0n) is 32.1. The van der Waals surface area contributed by atoms with Crippen LogP contribution in [0.1, 0.15) is 110 Å². The van der Waals surface area contributed by atoms with Gasteiger partial charge in [-0.05, 0) is 43.6 Å². The van der Waals surface area contributed by atoms with Crippen molar-refractivity contribution < 1.29 is 23.1 Å². The fourth-order valence-corrected chi connectivity index (χ4v) is 5.71. The number of carbonyl (C=O) groups excluding carboxylic acids is 2. The number of amides is 2. The molecular weight excluding hydrogens is 647 g/mol. The van der Waals surface area contributed by atoms with Crippen LogP contribution < -0.4 is 16.4 Å². The van der Waals surface area contributed by atoms with Crippen LogP contribution in [0.25, 0.3) is 0 Å². The number of nitrogens with two attached hydrogens (primary N) is 1. The number of terminal acetylenes is 1. The summed E-state index contributed by atoms with van der Waals surface area (Å²) in [6, 6.07) is 19.7. The minimum atomic E-state index is -3.39. The molecule has 2 amide bonds. The van der Waals surface area contributed by atoms with E-state index in [-0.39, 0.29) is 37.4 Å². The SMILES string of the molecule is C#CC[C@H](NC(=O)CCS(=O)(=O)CCN)C(=O)NCC(O)CCC(C)C.CC.CC1CCCCC1.CCc1ccccc1.Cc1ccccc1. The van der Waals surface area contributed by atoms with Crippen LogP contribution in [0.4, 0.5) is 0 Å². The monoisotopic (exact) mass is 715 g/mol. The zero-order valence-corrected chi connectivity index (χ0v) is 32.9. The molecule has 0 saturated heterocycles. The molecule has 0 aliphatic heterocycles. The van der Waals surface area contributed by atoms with E-state index in [1.807, 2.05) is 52.0 Å². The summed E-state index contributed by atoms with van der Waals surface area (Å²) in [5.41, 5.74) is 7.93. The molecule has 0 radical (unpaired) electrons. The Labute approximate surface area is 305 Å². The lowest BCUT2D eigenvalue weighted by atomic mass is 9.91. The lowest BCUT2D eigenvalue weighted by molar-refractivity contribution is -0.129. The summed E-state index contributed by atoms with van der Waals surface area (Å²) in [5.74, 6) is 2.16. The molecule has 3 rings (SSSR count). The minimum Gasteiger partial charge on any atom is -0.391 e. The quantitative estimate of drug-likeness (QED) is 0.155. The van der Waals surface area contributed by atoms with Crippen LogP contribution in [0.3, 0.4) is 0 Å².